The SMILES string of the molecule is COC1CCCN(c2ccc(C(N)=S)cc2Br)C1. The van der Waals surface area contributed by atoms with Gasteiger partial charge in [0.15, 0.2) is 0 Å². The van der Waals surface area contributed by atoms with E-state index in [2.05, 4.69) is 26.9 Å². The quantitative estimate of drug-likeness (QED) is 0.866. The van der Waals surface area contributed by atoms with Crippen LogP contribution in [0.5, 0.6) is 0 Å². The molecule has 18 heavy (non-hydrogen) atoms. The average Bonchev–Trinajstić information content (AvgIpc) is 2.38. The Morgan fingerprint density at radius 3 is 2.94 bits per heavy atom. The number of benzene rings is 1. The minimum Gasteiger partial charge on any atom is -0.389 e. The van der Waals surface area contributed by atoms with E-state index in [4.69, 9.17) is 22.7 Å². The molecule has 2 N–H and O–H groups in total. The van der Waals surface area contributed by atoms with Crippen LogP contribution in [0.1, 0.15) is 18.4 Å². The van der Waals surface area contributed by atoms with Crippen molar-refractivity contribution in [3.05, 3.63) is 28.2 Å². The Labute approximate surface area is 121 Å². The zero-order valence-corrected chi connectivity index (χ0v) is 12.8. The van der Waals surface area contributed by atoms with Crippen LogP contribution in [-0.4, -0.2) is 31.3 Å². The summed E-state index contributed by atoms with van der Waals surface area (Å²) in [7, 11) is 1.78. The van der Waals surface area contributed by atoms with Crippen molar-refractivity contribution in [2.75, 3.05) is 25.1 Å². The summed E-state index contributed by atoms with van der Waals surface area (Å²) < 4.78 is 6.48. The molecule has 0 amide bonds. The topological polar surface area (TPSA) is 38.5 Å². The normalized spacial score (nSPS) is 19.9. The standard InChI is InChI=1S/C13H17BrN2OS/c1-17-10-3-2-6-16(8-10)12-5-4-9(13(15)18)7-11(12)14/h4-5,7,10H,2-3,6,8H2,1H3,(H2,15,18). The maximum Gasteiger partial charge on any atom is 0.104 e. The van der Waals surface area contributed by atoms with Crippen LogP contribution in [0.4, 0.5) is 5.69 Å². The van der Waals surface area contributed by atoms with Crippen molar-refractivity contribution < 1.29 is 4.74 Å². The largest absolute Gasteiger partial charge is 0.389 e. The van der Waals surface area contributed by atoms with E-state index >= 15 is 0 Å². The van der Waals surface area contributed by atoms with Crippen LogP contribution < -0.4 is 10.6 Å². The third kappa shape index (κ3) is 3.02. The van der Waals surface area contributed by atoms with Gasteiger partial charge >= 0.3 is 0 Å². The number of nitrogens with two attached hydrogens (primary N) is 1. The van der Waals surface area contributed by atoms with Crippen LogP contribution in [0.15, 0.2) is 22.7 Å². The Morgan fingerprint density at radius 2 is 2.33 bits per heavy atom. The zero-order valence-electron chi connectivity index (χ0n) is 10.4. The van der Waals surface area contributed by atoms with E-state index in [1.807, 2.05) is 12.1 Å². The van der Waals surface area contributed by atoms with Crippen LogP contribution in [-0.2, 0) is 4.74 Å². The van der Waals surface area contributed by atoms with Crippen LogP contribution in [0.2, 0.25) is 0 Å². The fraction of sp³-hybridized carbons (Fsp3) is 0.462. The fourth-order valence-electron chi connectivity index (χ4n) is 2.27. The van der Waals surface area contributed by atoms with Gasteiger partial charge in [0.2, 0.25) is 0 Å². The van der Waals surface area contributed by atoms with Crippen LogP contribution >= 0.6 is 28.1 Å². The lowest BCUT2D eigenvalue weighted by atomic mass is 10.1. The van der Waals surface area contributed by atoms with Gasteiger partial charge in [-0.3, -0.25) is 0 Å². The predicted molar refractivity (Wildman–Crippen MR) is 82.3 cm³/mol. The molecule has 1 aliphatic rings. The number of thiocarbonyl (C=S) groups is 1. The third-order valence-electron chi connectivity index (χ3n) is 3.28. The van der Waals surface area contributed by atoms with Crippen molar-refractivity contribution in [2.24, 2.45) is 5.73 Å². The van der Waals surface area contributed by atoms with Crippen molar-refractivity contribution in [1.29, 1.82) is 0 Å². The molecule has 1 fully saturated rings. The molecule has 0 saturated carbocycles. The summed E-state index contributed by atoms with van der Waals surface area (Å²) in [6.07, 6.45) is 2.61. The minimum atomic E-state index is 0.320. The molecule has 98 valence electrons. The Balaban J connectivity index is 2.20. The first-order chi connectivity index (χ1) is 8.61. The summed E-state index contributed by atoms with van der Waals surface area (Å²) in [4.78, 5) is 2.76. The van der Waals surface area contributed by atoms with Gasteiger partial charge in [-0.25, -0.2) is 0 Å². The highest BCUT2D eigenvalue weighted by molar-refractivity contribution is 9.10. The van der Waals surface area contributed by atoms with Gasteiger partial charge in [-0.15, -0.1) is 0 Å². The molecule has 0 radical (unpaired) electrons. The summed E-state index contributed by atoms with van der Waals surface area (Å²) in [5.41, 5.74) is 7.70. The molecule has 1 aliphatic heterocycles. The molecule has 1 aromatic carbocycles. The molecule has 0 spiro atoms. The van der Waals surface area contributed by atoms with Gasteiger partial charge in [0.1, 0.15) is 4.99 Å². The Kier molecular flexibility index (Phi) is 4.59. The number of piperidine rings is 1. The van der Waals surface area contributed by atoms with E-state index < -0.39 is 0 Å². The smallest absolute Gasteiger partial charge is 0.104 e. The van der Waals surface area contributed by atoms with E-state index in [0.717, 1.165) is 36.0 Å². The molecule has 1 atom stereocenters. The first kappa shape index (κ1) is 13.8. The van der Waals surface area contributed by atoms with E-state index in [-0.39, 0.29) is 0 Å². The van der Waals surface area contributed by atoms with Gasteiger partial charge in [-0.05, 0) is 47.0 Å². The number of nitrogens with zero attached hydrogens (tertiary/aromatic N) is 1. The van der Waals surface area contributed by atoms with Crippen LogP contribution in [0.3, 0.4) is 0 Å². The lowest BCUT2D eigenvalue weighted by molar-refractivity contribution is 0.0893. The Morgan fingerprint density at radius 1 is 1.56 bits per heavy atom. The minimum absolute atomic E-state index is 0.320. The van der Waals surface area contributed by atoms with Crippen molar-refractivity contribution in [3.8, 4) is 0 Å². The number of ether oxygens (including phenoxy) is 1. The molecular weight excluding hydrogens is 312 g/mol. The molecule has 1 saturated heterocycles. The molecule has 2 rings (SSSR count). The van der Waals surface area contributed by atoms with E-state index in [1.165, 1.54) is 5.69 Å². The first-order valence-electron chi connectivity index (χ1n) is 5.99. The molecule has 1 heterocycles. The molecule has 5 heteroatoms. The summed E-state index contributed by atoms with van der Waals surface area (Å²) in [5, 5.41) is 0. The second-order valence-corrected chi connectivity index (χ2v) is 5.77. The molecule has 0 aliphatic carbocycles. The molecule has 1 unspecified atom stereocenters. The molecular formula is C13H17BrN2OS. The third-order valence-corrected chi connectivity index (χ3v) is 4.16. The van der Waals surface area contributed by atoms with Crippen LogP contribution in [0, 0.1) is 0 Å². The van der Waals surface area contributed by atoms with Gasteiger partial charge in [0, 0.05) is 30.2 Å². The van der Waals surface area contributed by atoms with E-state index in [0.29, 0.717) is 11.1 Å². The summed E-state index contributed by atoms with van der Waals surface area (Å²) in [6.45, 7) is 1.99. The average molecular weight is 329 g/mol. The second kappa shape index (κ2) is 5.99. The lowest BCUT2D eigenvalue weighted by Gasteiger charge is -2.34. The van der Waals surface area contributed by atoms with Crippen molar-refractivity contribution in [1.82, 2.24) is 0 Å². The first-order valence-corrected chi connectivity index (χ1v) is 7.19. The summed E-state index contributed by atoms with van der Waals surface area (Å²) in [6, 6.07) is 6.02. The maximum absolute atomic E-state index is 5.63. The molecule has 3 nitrogen and oxygen atoms in total. The number of halogens is 1. The Bertz CT molecular complexity index is 453. The second-order valence-electron chi connectivity index (χ2n) is 4.48. The van der Waals surface area contributed by atoms with Crippen molar-refractivity contribution in [2.45, 2.75) is 18.9 Å². The van der Waals surface area contributed by atoms with Crippen molar-refractivity contribution in [3.63, 3.8) is 0 Å². The molecule has 1 aromatic rings. The molecule has 0 bridgehead atoms. The number of anilines is 1. The summed E-state index contributed by atoms with van der Waals surface area (Å²) in [5.74, 6) is 0. The fourth-order valence-corrected chi connectivity index (χ4v) is 3.02. The summed E-state index contributed by atoms with van der Waals surface area (Å²) >= 11 is 8.58. The number of hydrogen-bond acceptors (Lipinski definition) is 3. The van der Waals surface area contributed by atoms with Crippen LogP contribution in [0.25, 0.3) is 0 Å². The zero-order chi connectivity index (χ0) is 13.1. The van der Waals surface area contributed by atoms with Gasteiger partial charge in [-0.1, -0.05) is 12.2 Å². The highest BCUT2D eigenvalue weighted by atomic mass is 79.9. The maximum atomic E-state index is 5.63. The number of hydrogen-bond donors (Lipinski definition) is 1. The lowest BCUT2D eigenvalue weighted by Crippen LogP contribution is -2.39. The molecule has 0 aromatic heterocycles. The predicted octanol–water partition coefficient (Wildman–Crippen LogP) is 2.70. The number of rotatable bonds is 3. The van der Waals surface area contributed by atoms with E-state index in [9.17, 15) is 0 Å². The van der Waals surface area contributed by atoms with Crippen molar-refractivity contribution >= 4 is 38.8 Å². The van der Waals surface area contributed by atoms with Gasteiger partial charge < -0.3 is 15.4 Å². The van der Waals surface area contributed by atoms with Gasteiger partial charge in [0.25, 0.3) is 0 Å². The van der Waals surface area contributed by atoms with E-state index in [1.54, 1.807) is 7.11 Å². The highest BCUT2D eigenvalue weighted by Crippen LogP contribution is 2.30. The number of methoxy groups -OCH3 is 1. The monoisotopic (exact) mass is 328 g/mol. The Hall–Kier alpha value is -0.650. The van der Waals surface area contributed by atoms with Gasteiger partial charge in [0.05, 0.1) is 11.8 Å². The highest BCUT2D eigenvalue weighted by Gasteiger charge is 2.21. The van der Waals surface area contributed by atoms with Gasteiger partial charge in [-0.2, -0.15) is 0 Å².